The van der Waals surface area contributed by atoms with Crippen LogP contribution >= 0.6 is 39.9 Å². The van der Waals surface area contributed by atoms with E-state index in [1.165, 1.54) is 24.7 Å². The molecule has 0 aromatic heterocycles. The number of guanidine groups is 1. The van der Waals surface area contributed by atoms with Gasteiger partial charge in [0.1, 0.15) is 0 Å². The Bertz CT molecular complexity index is 743. The van der Waals surface area contributed by atoms with Gasteiger partial charge in [-0.25, -0.2) is 8.42 Å². The zero-order valence-electron chi connectivity index (χ0n) is 16.5. The van der Waals surface area contributed by atoms with E-state index >= 15 is 0 Å². The lowest BCUT2D eigenvalue weighted by molar-refractivity contribution is 0.431. The first-order valence-corrected chi connectivity index (χ1v) is 11.7. The Morgan fingerprint density at radius 2 is 1.74 bits per heavy atom. The Hall–Kier alpha value is -0.350. The third kappa shape index (κ3) is 6.32. The van der Waals surface area contributed by atoms with Crippen LogP contribution in [-0.4, -0.2) is 45.5 Å². The highest BCUT2D eigenvalue weighted by atomic mass is 127. The predicted octanol–water partition coefficient (Wildman–Crippen LogP) is 3.87. The molecule has 1 saturated carbocycles. The summed E-state index contributed by atoms with van der Waals surface area (Å²) in [5, 5.41) is 6.59. The molecule has 0 spiro atoms. The summed E-state index contributed by atoms with van der Waals surface area (Å²) in [5.74, 6) is 0.644. The molecular formula is C19H31BrIN3O2S. The molecule has 27 heavy (non-hydrogen) atoms. The Morgan fingerprint density at radius 1 is 1.19 bits per heavy atom. The van der Waals surface area contributed by atoms with Crippen molar-refractivity contribution in [2.75, 3.05) is 26.4 Å². The van der Waals surface area contributed by atoms with Gasteiger partial charge in [0.2, 0.25) is 0 Å². The van der Waals surface area contributed by atoms with Crippen molar-refractivity contribution in [3.05, 3.63) is 34.3 Å². The predicted molar refractivity (Wildman–Crippen MR) is 128 cm³/mol. The summed E-state index contributed by atoms with van der Waals surface area (Å²) in [6.07, 6.45) is 6.02. The van der Waals surface area contributed by atoms with Crippen LogP contribution in [0.3, 0.4) is 0 Å². The number of halogens is 2. The van der Waals surface area contributed by atoms with Gasteiger partial charge in [-0.2, -0.15) is 0 Å². The van der Waals surface area contributed by atoms with Crippen LogP contribution in [0.15, 0.2) is 33.7 Å². The number of rotatable bonds is 6. The molecule has 1 aliphatic carbocycles. The zero-order chi connectivity index (χ0) is 19.4. The van der Waals surface area contributed by atoms with Crippen molar-refractivity contribution in [1.82, 2.24) is 10.6 Å². The molecule has 2 rings (SSSR count). The third-order valence-corrected chi connectivity index (χ3v) is 8.20. The topological polar surface area (TPSA) is 70.6 Å². The zero-order valence-corrected chi connectivity index (χ0v) is 21.2. The summed E-state index contributed by atoms with van der Waals surface area (Å²) in [6, 6.07) is 8.58. The highest BCUT2D eigenvalue weighted by Crippen LogP contribution is 2.40. The Morgan fingerprint density at radius 3 is 2.22 bits per heavy atom. The molecule has 1 aromatic rings. The number of hydrogen-bond acceptors (Lipinski definition) is 3. The van der Waals surface area contributed by atoms with Gasteiger partial charge in [0, 0.05) is 36.3 Å². The monoisotopic (exact) mass is 571 g/mol. The van der Waals surface area contributed by atoms with Gasteiger partial charge in [0.05, 0.1) is 4.75 Å². The van der Waals surface area contributed by atoms with Gasteiger partial charge in [0.15, 0.2) is 15.8 Å². The smallest absolute Gasteiger partial charge is 0.191 e. The van der Waals surface area contributed by atoms with E-state index in [1.54, 1.807) is 20.9 Å². The standard InChI is InChI=1S/C19H30BrN3O2S.HI/c1-18(2,26(4,24)25)13-22-17(21-3)23-14-19(11-5-6-12-19)15-7-9-16(20)10-8-15;/h7-10H,5-6,11-14H2,1-4H3,(H2,21,22,23);1H. The number of hydrogen-bond donors (Lipinski definition) is 2. The molecule has 0 radical (unpaired) electrons. The fourth-order valence-corrected chi connectivity index (χ4v) is 3.92. The van der Waals surface area contributed by atoms with Crippen LogP contribution in [0.5, 0.6) is 0 Å². The molecular weight excluding hydrogens is 541 g/mol. The van der Waals surface area contributed by atoms with E-state index in [-0.39, 0.29) is 29.4 Å². The summed E-state index contributed by atoms with van der Waals surface area (Å²) < 4.78 is 24.0. The van der Waals surface area contributed by atoms with Crippen LogP contribution in [0, 0.1) is 0 Å². The summed E-state index contributed by atoms with van der Waals surface area (Å²) >= 11 is 3.51. The lowest BCUT2D eigenvalue weighted by Crippen LogP contribution is -2.50. The molecule has 0 unspecified atom stereocenters. The summed E-state index contributed by atoms with van der Waals surface area (Å²) in [5.41, 5.74) is 1.45. The Balaban J connectivity index is 0.00000364. The van der Waals surface area contributed by atoms with Gasteiger partial charge in [-0.05, 0) is 44.4 Å². The fraction of sp³-hybridized carbons (Fsp3) is 0.632. The minimum atomic E-state index is -3.15. The molecule has 0 aliphatic heterocycles. The molecule has 2 N–H and O–H groups in total. The fourth-order valence-electron chi connectivity index (χ4n) is 3.32. The molecule has 1 aromatic carbocycles. The minimum absolute atomic E-state index is 0. The van der Waals surface area contributed by atoms with Crippen molar-refractivity contribution in [2.24, 2.45) is 4.99 Å². The first-order chi connectivity index (χ1) is 12.1. The van der Waals surface area contributed by atoms with Crippen molar-refractivity contribution in [1.29, 1.82) is 0 Å². The summed E-state index contributed by atoms with van der Waals surface area (Å²) in [6.45, 7) is 4.55. The summed E-state index contributed by atoms with van der Waals surface area (Å²) in [4.78, 5) is 4.27. The van der Waals surface area contributed by atoms with Crippen LogP contribution in [0.25, 0.3) is 0 Å². The average molecular weight is 572 g/mol. The second-order valence-electron chi connectivity index (χ2n) is 7.81. The van der Waals surface area contributed by atoms with E-state index in [0.29, 0.717) is 12.5 Å². The molecule has 0 saturated heterocycles. The SMILES string of the molecule is CN=C(NCC1(c2ccc(Br)cc2)CCCC1)NCC(C)(C)S(C)(=O)=O.I. The van der Waals surface area contributed by atoms with Gasteiger partial charge < -0.3 is 10.6 Å². The first kappa shape index (κ1) is 24.7. The van der Waals surface area contributed by atoms with Crippen LogP contribution in [0.2, 0.25) is 0 Å². The van der Waals surface area contributed by atoms with Crippen LogP contribution < -0.4 is 10.6 Å². The van der Waals surface area contributed by atoms with Crippen LogP contribution in [-0.2, 0) is 15.3 Å². The lowest BCUT2D eigenvalue weighted by atomic mass is 9.79. The molecule has 154 valence electrons. The highest BCUT2D eigenvalue weighted by Gasteiger charge is 2.36. The Labute approximate surface area is 189 Å². The maximum absolute atomic E-state index is 11.9. The van der Waals surface area contributed by atoms with Crippen molar-refractivity contribution in [3.8, 4) is 0 Å². The second kappa shape index (κ2) is 9.91. The molecule has 8 heteroatoms. The van der Waals surface area contributed by atoms with E-state index in [2.05, 4.69) is 55.8 Å². The normalized spacial score (nSPS) is 17.3. The van der Waals surface area contributed by atoms with E-state index in [1.807, 2.05) is 0 Å². The average Bonchev–Trinajstić information content (AvgIpc) is 3.04. The van der Waals surface area contributed by atoms with E-state index in [9.17, 15) is 8.42 Å². The number of benzene rings is 1. The van der Waals surface area contributed by atoms with Gasteiger partial charge in [-0.1, -0.05) is 40.9 Å². The number of sulfone groups is 1. The van der Waals surface area contributed by atoms with Gasteiger partial charge in [-0.15, -0.1) is 24.0 Å². The van der Waals surface area contributed by atoms with E-state index in [0.717, 1.165) is 23.9 Å². The Kier molecular flexibility index (Phi) is 9.06. The van der Waals surface area contributed by atoms with Crippen molar-refractivity contribution >= 4 is 55.7 Å². The van der Waals surface area contributed by atoms with Crippen molar-refractivity contribution < 1.29 is 8.42 Å². The van der Waals surface area contributed by atoms with Gasteiger partial charge in [0.25, 0.3) is 0 Å². The lowest BCUT2D eigenvalue weighted by Gasteiger charge is -2.31. The third-order valence-electron chi connectivity index (χ3n) is 5.52. The molecule has 0 atom stereocenters. The highest BCUT2D eigenvalue weighted by molar-refractivity contribution is 14.0. The number of nitrogens with one attached hydrogen (secondary N) is 2. The molecule has 0 bridgehead atoms. The summed E-state index contributed by atoms with van der Waals surface area (Å²) in [7, 11) is -1.43. The first-order valence-electron chi connectivity index (χ1n) is 9.00. The molecule has 0 amide bonds. The van der Waals surface area contributed by atoms with Gasteiger partial charge in [-0.3, -0.25) is 4.99 Å². The molecule has 1 fully saturated rings. The van der Waals surface area contributed by atoms with E-state index < -0.39 is 14.6 Å². The van der Waals surface area contributed by atoms with Crippen LogP contribution in [0.4, 0.5) is 0 Å². The number of nitrogens with zero attached hydrogens (tertiary/aromatic N) is 1. The molecule has 0 heterocycles. The van der Waals surface area contributed by atoms with Crippen molar-refractivity contribution in [2.45, 2.75) is 49.7 Å². The second-order valence-corrected chi connectivity index (χ2v) is 11.4. The maximum Gasteiger partial charge on any atom is 0.191 e. The minimum Gasteiger partial charge on any atom is -0.356 e. The maximum atomic E-state index is 11.9. The quantitative estimate of drug-likeness (QED) is 0.309. The number of aliphatic imine (C=N–C) groups is 1. The van der Waals surface area contributed by atoms with Gasteiger partial charge >= 0.3 is 0 Å². The van der Waals surface area contributed by atoms with Crippen molar-refractivity contribution in [3.63, 3.8) is 0 Å². The van der Waals surface area contributed by atoms with E-state index in [4.69, 9.17) is 0 Å². The van der Waals surface area contributed by atoms with Crippen LogP contribution in [0.1, 0.15) is 45.1 Å². The largest absolute Gasteiger partial charge is 0.356 e. The molecule has 1 aliphatic rings. The molecule has 5 nitrogen and oxygen atoms in total.